The van der Waals surface area contributed by atoms with Crippen molar-refractivity contribution in [2.45, 2.75) is 39.7 Å². The van der Waals surface area contributed by atoms with Gasteiger partial charge in [-0.3, -0.25) is 0 Å². The number of rotatable bonds is 6. The fraction of sp³-hybridized carbons (Fsp3) is 0.444. The summed E-state index contributed by atoms with van der Waals surface area (Å²) in [6, 6.07) is 12.4. The third-order valence-electron chi connectivity index (χ3n) is 3.63. The first kappa shape index (κ1) is 15.6. The second-order valence-electron chi connectivity index (χ2n) is 6.39. The molecule has 0 spiro atoms. The van der Waals surface area contributed by atoms with Crippen LogP contribution in [0.3, 0.4) is 0 Å². The van der Waals surface area contributed by atoms with Crippen LogP contribution in [0.1, 0.15) is 44.8 Å². The zero-order chi connectivity index (χ0) is 15.3. The minimum Gasteiger partial charge on any atom is -0.311 e. The first-order chi connectivity index (χ1) is 10.00. The lowest BCUT2D eigenvalue weighted by molar-refractivity contribution is 0.539. The van der Waals surface area contributed by atoms with Crippen molar-refractivity contribution in [1.82, 2.24) is 15.3 Å². The molecule has 0 saturated carbocycles. The highest BCUT2D eigenvalue weighted by atomic mass is 14.9. The van der Waals surface area contributed by atoms with E-state index in [2.05, 4.69) is 62.3 Å². The predicted octanol–water partition coefficient (Wildman–Crippen LogP) is 3.55. The molecule has 3 heteroatoms. The Morgan fingerprint density at radius 1 is 1.10 bits per heavy atom. The molecule has 2 rings (SSSR count). The summed E-state index contributed by atoms with van der Waals surface area (Å²) in [5.74, 6) is 1.52. The molecule has 0 atom stereocenters. The molecule has 0 aliphatic rings. The van der Waals surface area contributed by atoms with E-state index in [0.717, 1.165) is 24.6 Å². The fourth-order valence-corrected chi connectivity index (χ4v) is 2.27. The van der Waals surface area contributed by atoms with E-state index in [-0.39, 0.29) is 5.41 Å². The number of hydrogen-bond acceptors (Lipinski definition) is 3. The SMILES string of the molecule is CC(C)CNCc1ccnc(C(C)(C)c2ccccc2)n1. The standard InChI is InChI=1S/C18H25N3/c1-14(2)12-19-13-16-10-11-20-17(21-16)18(3,4)15-8-6-5-7-9-15/h5-11,14,19H,12-13H2,1-4H3. The lowest BCUT2D eigenvalue weighted by Gasteiger charge is -2.24. The summed E-state index contributed by atoms with van der Waals surface area (Å²) in [5, 5.41) is 3.43. The molecule has 0 aliphatic heterocycles. The van der Waals surface area contributed by atoms with Gasteiger partial charge < -0.3 is 5.32 Å². The second-order valence-corrected chi connectivity index (χ2v) is 6.39. The lowest BCUT2D eigenvalue weighted by Crippen LogP contribution is -2.24. The summed E-state index contributed by atoms with van der Waals surface area (Å²) < 4.78 is 0. The van der Waals surface area contributed by atoms with Gasteiger partial charge in [-0.2, -0.15) is 0 Å². The Morgan fingerprint density at radius 3 is 2.48 bits per heavy atom. The van der Waals surface area contributed by atoms with E-state index in [1.165, 1.54) is 5.56 Å². The van der Waals surface area contributed by atoms with Crippen molar-refractivity contribution >= 4 is 0 Å². The van der Waals surface area contributed by atoms with Crippen LogP contribution >= 0.6 is 0 Å². The topological polar surface area (TPSA) is 37.8 Å². The molecule has 0 unspecified atom stereocenters. The Labute approximate surface area is 127 Å². The third kappa shape index (κ3) is 4.11. The van der Waals surface area contributed by atoms with Gasteiger partial charge in [-0.05, 0) is 37.9 Å². The van der Waals surface area contributed by atoms with E-state index in [9.17, 15) is 0 Å². The molecule has 2 aromatic rings. The second kappa shape index (κ2) is 6.81. The molecular weight excluding hydrogens is 258 g/mol. The number of nitrogens with zero attached hydrogens (tertiary/aromatic N) is 2. The van der Waals surface area contributed by atoms with E-state index < -0.39 is 0 Å². The number of benzene rings is 1. The summed E-state index contributed by atoms with van der Waals surface area (Å²) in [5.41, 5.74) is 2.09. The molecular formula is C18H25N3. The smallest absolute Gasteiger partial charge is 0.138 e. The van der Waals surface area contributed by atoms with E-state index in [1.807, 2.05) is 18.3 Å². The minimum absolute atomic E-state index is 0.185. The van der Waals surface area contributed by atoms with Crippen LogP contribution in [-0.4, -0.2) is 16.5 Å². The average Bonchev–Trinajstić information content (AvgIpc) is 2.48. The van der Waals surface area contributed by atoms with Crippen molar-refractivity contribution in [1.29, 1.82) is 0 Å². The molecule has 0 bridgehead atoms. The van der Waals surface area contributed by atoms with Crippen LogP contribution in [0.25, 0.3) is 0 Å². The molecule has 1 aromatic heterocycles. The van der Waals surface area contributed by atoms with Gasteiger partial charge in [0, 0.05) is 18.2 Å². The number of aromatic nitrogens is 2. The quantitative estimate of drug-likeness (QED) is 0.881. The highest BCUT2D eigenvalue weighted by Crippen LogP contribution is 2.28. The van der Waals surface area contributed by atoms with Crippen LogP contribution in [-0.2, 0) is 12.0 Å². The number of hydrogen-bond donors (Lipinski definition) is 1. The van der Waals surface area contributed by atoms with Crippen LogP contribution in [0.5, 0.6) is 0 Å². The van der Waals surface area contributed by atoms with Gasteiger partial charge in [-0.25, -0.2) is 9.97 Å². The summed E-state index contributed by atoms with van der Waals surface area (Å²) >= 11 is 0. The molecule has 1 aromatic carbocycles. The third-order valence-corrected chi connectivity index (χ3v) is 3.63. The first-order valence-corrected chi connectivity index (χ1v) is 7.59. The maximum absolute atomic E-state index is 4.74. The number of nitrogens with one attached hydrogen (secondary N) is 1. The largest absolute Gasteiger partial charge is 0.311 e. The molecule has 112 valence electrons. The molecule has 1 heterocycles. The van der Waals surface area contributed by atoms with Crippen molar-refractivity contribution in [2.75, 3.05) is 6.54 Å². The zero-order valence-electron chi connectivity index (χ0n) is 13.4. The van der Waals surface area contributed by atoms with Crippen LogP contribution in [0.15, 0.2) is 42.6 Å². The Morgan fingerprint density at radius 2 is 1.81 bits per heavy atom. The van der Waals surface area contributed by atoms with Gasteiger partial charge in [0.15, 0.2) is 0 Å². The van der Waals surface area contributed by atoms with Crippen molar-refractivity contribution < 1.29 is 0 Å². The molecule has 0 fully saturated rings. The van der Waals surface area contributed by atoms with Crippen molar-refractivity contribution in [3.05, 3.63) is 59.7 Å². The predicted molar refractivity (Wildman–Crippen MR) is 87.1 cm³/mol. The Balaban J connectivity index is 2.16. The first-order valence-electron chi connectivity index (χ1n) is 7.59. The maximum atomic E-state index is 4.74. The van der Waals surface area contributed by atoms with E-state index in [4.69, 9.17) is 4.98 Å². The monoisotopic (exact) mass is 283 g/mol. The van der Waals surface area contributed by atoms with Crippen molar-refractivity contribution in [2.24, 2.45) is 5.92 Å². The average molecular weight is 283 g/mol. The van der Waals surface area contributed by atoms with Gasteiger partial charge in [0.1, 0.15) is 5.82 Å². The van der Waals surface area contributed by atoms with E-state index >= 15 is 0 Å². The van der Waals surface area contributed by atoms with Gasteiger partial charge in [-0.15, -0.1) is 0 Å². The summed E-state index contributed by atoms with van der Waals surface area (Å²) in [4.78, 5) is 9.24. The van der Waals surface area contributed by atoms with Crippen LogP contribution < -0.4 is 5.32 Å². The van der Waals surface area contributed by atoms with Crippen LogP contribution in [0.2, 0.25) is 0 Å². The Hall–Kier alpha value is -1.74. The van der Waals surface area contributed by atoms with E-state index in [0.29, 0.717) is 5.92 Å². The summed E-state index contributed by atoms with van der Waals surface area (Å²) in [6.45, 7) is 10.5. The molecule has 0 radical (unpaired) electrons. The molecule has 0 amide bonds. The molecule has 21 heavy (non-hydrogen) atoms. The summed E-state index contributed by atoms with van der Waals surface area (Å²) in [7, 11) is 0. The molecule has 0 aliphatic carbocycles. The minimum atomic E-state index is -0.185. The van der Waals surface area contributed by atoms with Gasteiger partial charge in [0.2, 0.25) is 0 Å². The van der Waals surface area contributed by atoms with Gasteiger partial charge >= 0.3 is 0 Å². The Bertz CT molecular complexity index is 562. The van der Waals surface area contributed by atoms with Gasteiger partial charge in [0.05, 0.1) is 5.69 Å². The molecule has 0 saturated heterocycles. The highest BCUT2D eigenvalue weighted by molar-refractivity contribution is 5.30. The highest BCUT2D eigenvalue weighted by Gasteiger charge is 2.26. The van der Waals surface area contributed by atoms with E-state index in [1.54, 1.807) is 0 Å². The lowest BCUT2D eigenvalue weighted by atomic mass is 9.84. The normalized spacial score (nSPS) is 11.9. The molecule has 1 N–H and O–H groups in total. The zero-order valence-corrected chi connectivity index (χ0v) is 13.4. The van der Waals surface area contributed by atoms with Crippen molar-refractivity contribution in [3.8, 4) is 0 Å². The molecule has 3 nitrogen and oxygen atoms in total. The Kier molecular flexibility index (Phi) is 5.07. The fourth-order valence-electron chi connectivity index (χ4n) is 2.27. The van der Waals surface area contributed by atoms with Gasteiger partial charge in [-0.1, -0.05) is 44.2 Å². The van der Waals surface area contributed by atoms with Gasteiger partial charge in [0.25, 0.3) is 0 Å². The summed E-state index contributed by atoms with van der Waals surface area (Å²) in [6.07, 6.45) is 1.86. The van der Waals surface area contributed by atoms with Crippen LogP contribution in [0, 0.1) is 5.92 Å². The van der Waals surface area contributed by atoms with Crippen molar-refractivity contribution in [3.63, 3.8) is 0 Å². The maximum Gasteiger partial charge on any atom is 0.138 e. The van der Waals surface area contributed by atoms with Crippen LogP contribution in [0.4, 0.5) is 0 Å².